The van der Waals surface area contributed by atoms with Gasteiger partial charge in [0, 0.05) is 42.7 Å². The van der Waals surface area contributed by atoms with Gasteiger partial charge < -0.3 is 25.4 Å². The van der Waals surface area contributed by atoms with E-state index in [0.29, 0.717) is 55.1 Å². The van der Waals surface area contributed by atoms with E-state index < -0.39 is 0 Å². The molecule has 9 nitrogen and oxygen atoms in total. The van der Waals surface area contributed by atoms with Gasteiger partial charge in [-0.05, 0) is 49.8 Å². The van der Waals surface area contributed by atoms with Crippen LogP contribution in [-0.4, -0.2) is 70.3 Å². The van der Waals surface area contributed by atoms with Crippen LogP contribution < -0.4 is 11.1 Å². The van der Waals surface area contributed by atoms with Crippen molar-refractivity contribution in [2.75, 3.05) is 44.0 Å². The first kappa shape index (κ1) is 22.2. The Hall–Kier alpha value is -3.30. The molecule has 0 unspecified atom stereocenters. The molecular weight excluding hydrogens is 444 g/mol. The van der Waals surface area contributed by atoms with Crippen LogP contribution in [0.2, 0.25) is 0 Å². The Balaban J connectivity index is 1.24. The maximum atomic E-state index is 12.8. The number of nitrogens with zero attached hydrogens (tertiary/aromatic N) is 4. The lowest BCUT2D eigenvalue weighted by Gasteiger charge is -2.46. The smallest absolute Gasteiger partial charge is 0.254 e. The first-order chi connectivity index (χ1) is 17.1. The molecule has 0 bridgehead atoms. The topological polar surface area (TPSA) is 115 Å². The molecule has 0 atom stereocenters. The number of ether oxygens (including phenoxy) is 2. The standard InChI is InChI=1S/C26H30N6O3/c27-23-21-16-29-25(30-19-5-7-26(8-6-19)9-12-35-26)31-22(21)20(15-28-23)17-1-3-18(4-2-17)24(33)32-10-13-34-14-11-32/h1-4,15-16,19H,5-14H2,(H2,27,28)(H,29,30,31)/t19-,26-. The Kier molecular flexibility index (Phi) is 5.74. The average molecular weight is 475 g/mol. The maximum absolute atomic E-state index is 12.8. The Labute approximate surface area is 204 Å². The summed E-state index contributed by atoms with van der Waals surface area (Å²) >= 11 is 0. The molecule has 2 aliphatic heterocycles. The van der Waals surface area contributed by atoms with E-state index in [1.165, 1.54) is 6.42 Å². The van der Waals surface area contributed by atoms with E-state index in [-0.39, 0.29) is 11.5 Å². The quantitative estimate of drug-likeness (QED) is 0.592. The first-order valence-electron chi connectivity index (χ1n) is 12.4. The number of rotatable bonds is 4. The van der Waals surface area contributed by atoms with Crippen LogP contribution in [0.1, 0.15) is 42.5 Å². The second-order valence-corrected chi connectivity index (χ2v) is 9.70. The van der Waals surface area contributed by atoms with Crippen LogP contribution in [0, 0.1) is 0 Å². The van der Waals surface area contributed by atoms with Crippen molar-refractivity contribution in [3.8, 4) is 11.1 Å². The molecule has 182 valence electrons. The van der Waals surface area contributed by atoms with Gasteiger partial charge in [-0.3, -0.25) is 4.79 Å². The lowest BCUT2D eigenvalue weighted by atomic mass is 9.77. The summed E-state index contributed by atoms with van der Waals surface area (Å²) in [6.45, 7) is 3.30. The van der Waals surface area contributed by atoms with Crippen molar-refractivity contribution >= 4 is 28.6 Å². The largest absolute Gasteiger partial charge is 0.383 e. The molecule has 3 aromatic rings. The Bertz CT molecular complexity index is 1230. The fourth-order valence-corrected chi connectivity index (χ4v) is 5.32. The second-order valence-electron chi connectivity index (χ2n) is 9.70. The number of amides is 1. The molecule has 1 spiro atoms. The zero-order valence-electron chi connectivity index (χ0n) is 19.7. The lowest BCUT2D eigenvalue weighted by Crippen LogP contribution is -2.48. The Morgan fingerprint density at radius 2 is 1.77 bits per heavy atom. The highest BCUT2D eigenvalue weighted by Crippen LogP contribution is 2.41. The van der Waals surface area contributed by atoms with Crippen molar-refractivity contribution in [2.45, 2.75) is 43.7 Å². The first-order valence-corrected chi connectivity index (χ1v) is 12.4. The normalized spacial score (nSPS) is 24.3. The van der Waals surface area contributed by atoms with E-state index in [4.69, 9.17) is 20.2 Å². The van der Waals surface area contributed by atoms with E-state index in [9.17, 15) is 4.79 Å². The van der Waals surface area contributed by atoms with Crippen LogP contribution in [0.4, 0.5) is 11.8 Å². The van der Waals surface area contributed by atoms with E-state index in [1.807, 2.05) is 29.2 Å². The molecule has 2 saturated heterocycles. The molecular formula is C26H30N6O3. The lowest BCUT2D eigenvalue weighted by molar-refractivity contribution is -0.165. The number of hydrogen-bond acceptors (Lipinski definition) is 8. The van der Waals surface area contributed by atoms with Crippen molar-refractivity contribution in [1.29, 1.82) is 0 Å². The van der Waals surface area contributed by atoms with Crippen molar-refractivity contribution in [3.05, 3.63) is 42.2 Å². The van der Waals surface area contributed by atoms with Gasteiger partial charge in [-0.1, -0.05) is 12.1 Å². The van der Waals surface area contributed by atoms with Gasteiger partial charge in [-0.15, -0.1) is 0 Å². The van der Waals surface area contributed by atoms with Gasteiger partial charge in [-0.25, -0.2) is 15.0 Å². The Morgan fingerprint density at radius 3 is 2.46 bits per heavy atom. The summed E-state index contributed by atoms with van der Waals surface area (Å²) in [5.74, 6) is 1.02. The van der Waals surface area contributed by atoms with Crippen molar-refractivity contribution in [2.24, 2.45) is 0 Å². The highest BCUT2D eigenvalue weighted by molar-refractivity contribution is 5.99. The number of benzene rings is 1. The predicted molar refractivity (Wildman–Crippen MR) is 133 cm³/mol. The molecule has 35 heavy (non-hydrogen) atoms. The minimum absolute atomic E-state index is 0.0236. The number of fused-ring (bicyclic) bond motifs is 1. The number of morpholine rings is 1. The summed E-state index contributed by atoms with van der Waals surface area (Å²) in [6.07, 6.45) is 8.92. The van der Waals surface area contributed by atoms with Gasteiger partial charge in [-0.2, -0.15) is 0 Å². The van der Waals surface area contributed by atoms with Gasteiger partial charge in [0.2, 0.25) is 5.95 Å². The minimum Gasteiger partial charge on any atom is -0.383 e. The minimum atomic E-state index is 0.0236. The zero-order valence-corrected chi connectivity index (χ0v) is 19.7. The van der Waals surface area contributed by atoms with Gasteiger partial charge in [0.25, 0.3) is 5.91 Å². The van der Waals surface area contributed by atoms with Crippen molar-refractivity contribution < 1.29 is 14.3 Å². The fraction of sp³-hybridized carbons (Fsp3) is 0.462. The number of nitrogens with two attached hydrogens (primary N) is 1. The summed E-state index contributed by atoms with van der Waals surface area (Å²) in [7, 11) is 0. The molecule has 3 fully saturated rings. The summed E-state index contributed by atoms with van der Waals surface area (Å²) in [5, 5.41) is 4.23. The monoisotopic (exact) mass is 474 g/mol. The van der Waals surface area contributed by atoms with Crippen LogP contribution >= 0.6 is 0 Å². The van der Waals surface area contributed by atoms with Gasteiger partial charge in [0.1, 0.15) is 5.82 Å². The third-order valence-electron chi connectivity index (χ3n) is 7.59. The molecule has 4 heterocycles. The molecule has 1 saturated carbocycles. The van der Waals surface area contributed by atoms with Gasteiger partial charge in [0.15, 0.2) is 0 Å². The van der Waals surface area contributed by atoms with Crippen LogP contribution in [0.3, 0.4) is 0 Å². The third kappa shape index (κ3) is 4.30. The average Bonchev–Trinajstić information content (AvgIpc) is 2.89. The van der Waals surface area contributed by atoms with Crippen LogP contribution in [0.25, 0.3) is 22.0 Å². The van der Waals surface area contributed by atoms with E-state index in [0.717, 1.165) is 48.9 Å². The molecule has 0 radical (unpaired) electrons. The summed E-state index contributed by atoms with van der Waals surface area (Å²) < 4.78 is 11.2. The Morgan fingerprint density at radius 1 is 1.03 bits per heavy atom. The highest BCUT2D eigenvalue weighted by Gasteiger charge is 2.41. The molecule has 1 aromatic carbocycles. The van der Waals surface area contributed by atoms with Crippen LogP contribution in [0.15, 0.2) is 36.7 Å². The molecule has 3 N–H and O–H groups in total. The second kappa shape index (κ2) is 9.05. The predicted octanol–water partition coefficient (Wildman–Crippen LogP) is 3.26. The number of nitrogens with one attached hydrogen (secondary N) is 1. The molecule has 1 amide bonds. The summed E-state index contributed by atoms with van der Waals surface area (Å²) in [5.41, 5.74) is 9.47. The number of hydrogen-bond donors (Lipinski definition) is 2. The number of pyridine rings is 1. The third-order valence-corrected chi connectivity index (χ3v) is 7.59. The molecule has 1 aliphatic carbocycles. The number of aromatic nitrogens is 3. The van der Waals surface area contributed by atoms with E-state index >= 15 is 0 Å². The van der Waals surface area contributed by atoms with Crippen LogP contribution in [-0.2, 0) is 9.47 Å². The SMILES string of the molecule is Nc1ncc(-c2ccc(C(=O)N3CCOCC3)cc2)c2nc(N[C@H]3CC[C@@]4(CCO4)CC3)ncc12. The number of nitrogen functional groups attached to an aromatic ring is 1. The maximum Gasteiger partial charge on any atom is 0.254 e. The van der Waals surface area contributed by atoms with Crippen LogP contribution in [0.5, 0.6) is 0 Å². The van der Waals surface area contributed by atoms with Gasteiger partial charge >= 0.3 is 0 Å². The van der Waals surface area contributed by atoms with E-state index in [2.05, 4.69) is 15.3 Å². The molecule has 3 aliphatic rings. The summed E-state index contributed by atoms with van der Waals surface area (Å²) in [4.78, 5) is 28.4. The van der Waals surface area contributed by atoms with E-state index in [1.54, 1.807) is 12.4 Å². The summed E-state index contributed by atoms with van der Waals surface area (Å²) in [6, 6.07) is 7.92. The molecule has 2 aromatic heterocycles. The number of carbonyl (C=O) groups excluding carboxylic acids is 1. The number of anilines is 2. The molecule has 6 rings (SSSR count). The fourth-order valence-electron chi connectivity index (χ4n) is 5.32. The molecule has 9 heteroatoms. The van der Waals surface area contributed by atoms with Gasteiger partial charge in [0.05, 0.1) is 36.3 Å². The number of carbonyl (C=O) groups is 1. The van der Waals surface area contributed by atoms with Crippen molar-refractivity contribution in [3.63, 3.8) is 0 Å². The zero-order chi connectivity index (χ0) is 23.8. The highest BCUT2D eigenvalue weighted by atomic mass is 16.5. The van der Waals surface area contributed by atoms with Crippen molar-refractivity contribution in [1.82, 2.24) is 19.9 Å².